The number of thioether (sulfide) groups is 1. The van der Waals surface area contributed by atoms with Gasteiger partial charge in [0.15, 0.2) is 0 Å². The maximum absolute atomic E-state index is 6.22. The number of hydrogen-bond donors (Lipinski definition) is 1. The van der Waals surface area contributed by atoms with Crippen molar-refractivity contribution >= 4 is 23.4 Å². The van der Waals surface area contributed by atoms with E-state index in [-0.39, 0.29) is 6.04 Å². The molecule has 0 saturated carbocycles. The first-order chi connectivity index (χ1) is 9.08. The van der Waals surface area contributed by atoms with Gasteiger partial charge >= 0.3 is 0 Å². The van der Waals surface area contributed by atoms with Gasteiger partial charge in [-0.2, -0.15) is 0 Å². The highest BCUT2D eigenvalue weighted by atomic mass is 35.5. The maximum Gasteiger partial charge on any atom is 0.115 e. The first-order valence-electron chi connectivity index (χ1n) is 6.14. The lowest BCUT2D eigenvalue weighted by Gasteiger charge is -2.13. The van der Waals surface area contributed by atoms with Gasteiger partial charge in [0.05, 0.1) is 5.02 Å². The van der Waals surface area contributed by atoms with Gasteiger partial charge in [-0.1, -0.05) is 29.8 Å². The first kappa shape index (κ1) is 14.4. The Morgan fingerprint density at radius 3 is 2.74 bits per heavy atom. The van der Waals surface area contributed by atoms with Crippen molar-refractivity contribution in [2.24, 2.45) is 5.73 Å². The Bertz CT molecular complexity index is 572. The number of nitrogens with zero attached hydrogens (tertiary/aromatic N) is 1. The van der Waals surface area contributed by atoms with Crippen molar-refractivity contribution in [1.82, 2.24) is 4.98 Å². The molecule has 2 rings (SSSR count). The fraction of sp³-hybridized carbons (Fsp3) is 0.267. The molecule has 0 bridgehead atoms. The van der Waals surface area contributed by atoms with E-state index in [4.69, 9.17) is 17.3 Å². The standard InChI is InChI=1S/C15H17ClN2S/c1-10-5-6-12(8-11(10)2)14(17)9-19-15-13(16)4-3-7-18-15/h3-8,14H,9,17H2,1-2H3. The average Bonchev–Trinajstić information content (AvgIpc) is 2.40. The normalized spacial score (nSPS) is 12.4. The zero-order chi connectivity index (χ0) is 13.8. The van der Waals surface area contributed by atoms with Crippen LogP contribution in [-0.2, 0) is 0 Å². The molecule has 1 aromatic heterocycles. The van der Waals surface area contributed by atoms with E-state index in [1.807, 2.05) is 12.1 Å². The highest BCUT2D eigenvalue weighted by Crippen LogP contribution is 2.27. The van der Waals surface area contributed by atoms with Crippen LogP contribution in [0.25, 0.3) is 0 Å². The molecule has 0 radical (unpaired) electrons. The van der Waals surface area contributed by atoms with Gasteiger partial charge < -0.3 is 5.73 Å². The van der Waals surface area contributed by atoms with Gasteiger partial charge in [-0.3, -0.25) is 0 Å². The number of nitrogens with two attached hydrogens (primary N) is 1. The second kappa shape index (κ2) is 6.42. The molecule has 19 heavy (non-hydrogen) atoms. The van der Waals surface area contributed by atoms with Crippen LogP contribution in [0.1, 0.15) is 22.7 Å². The van der Waals surface area contributed by atoms with Crippen LogP contribution in [0.5, 0.6) is 0 Å². The zero-order valence-electron chi connectivity index (χ0n) is 11.1. The number of aromatic nitrogens is 1. The molecule has 1 heterocycles. The molecule has 0 aliphatic carbocycles. The quantitative estimate of drug-likeness (QED) is 0.861. The van der Waals surface area contributed by atoms with Crippen molar-refractivity contribution in [1.29, 1.82) is 0 Å². The predicted molar refractivity (Wildman–Crippen MR) is 82.8 cm³/mol. The second-order valence-corrected chi connectivity index (χ2v) is 5.97. The highest BCUT2D eigenvalue weighted by molar-refractivity contribution is 7.99. The van der Waals surface area contributed by atoms with Crippen molar-refractivity contribution in [2.45, 2.75) is 24.9 Å². The molecule has 2 N–H and O–H groups in total. The molecule has 4 heteroatoms. The lowest BCUT2D eigenvalue weighted by Crippen LogP contribution is -2.13. The van der Waals surface area contributed by atoms with Crippen molar-refractivity contribution in [3.05, 3.63) is 58.2 Å². The molecule has 0 fully saturated rings. The summed E-state index contributed by atoms with van der Waals surface area (Å²) >= 11 is 7.67. The fourth-order valence-corrected chi connectivity index (χ4v) is 2.89. The molecule has 2 nitrogen and oxygen atoms in total. The van der Waals surface area contributed by atoms with Gasteiger partial charge in [0.2, 0.25) is 0 Å². The Morgan fingerprint density at radius 1 is 1.26 bits per heavy atom. The fourth-order valence-electron chi connectivity index (χ4n) is 1.74. The summed E-state index contributed by atoms with van der Waals surface area (Å²) in [5.41, 5.74) is 9.94. The molecule has 100 valence electrons. The van der Waals surface area contributed by atoms with E-state index < -0.39 is 0 Å². The van der Waals surface area contributed by atoms with Crippen LogP contribution in [0, 0.1) is 13.8 Å². The van der Waals surface area contributed by atoms with Crippen molar-refractivity contribution < 1.29 is 0 Å². The minimum Gasteiger partial charge on any atom is -0.323 e. The zero-order valence-corrected chi connectivity index (χ0v) is 12.6. The van der Waals surface area contributed by atoms with Gasteiger partial charge in [0.1, 0.15) is 5.03 Å². The third-order valence-corrected chi connectivity index (χ3v) is 4.63. The van der Waals surface area contributed by atoms with Crippen molar-refractivity contribution in [3.8, 4) is 0 Å². The molecule has 0 aliphatic rings. The van der Waals surface area contributed by atoms with E-state index in [0.29, 0.717) is 5.02 Å². The maximum atomic E-state index is 6.22. The molecule has 0 saturated heterocycles. The van der Waals surface area contributed by atoms with Gasteiger partial charge in [-0.15, -0.1) is 11.8 Å². The molecule has 1 aromatic carbocycles. The Hall–Kier alpha value is -1.03. The van der Waals surface area contributed by atoms with Crippen LogP contribution in [0.4, 0.5) is 0 Å². The highest BCUT2D eigenvalue weighted by Gasteiger charge is 2.09. The van der Waals surface area contributed by atoms with E-state index in [0.717, 1.165) is 16.3 Å². The molecular formula is C15H17ClN2S. The molecule has 0 aliphatic heterocycles. The molecule has 1 atom stereocenters. The monoisotopic (exact) mass is 292 g/mol. The Morgan fingerprint density at radius 2 is 2.05 bits per heavy atom. The summed E-state index contributed by atoms with van der Waals surface area (Å²) < 4.78 is 0. The molecule has 1 unspecified atom stereocenters. The van der Waals surface area contributed by atoms with E-state index in [9.17, 15) is 0 Å². The van der Waals surface area contributed by atoms with E-state index in [1.54, 1.807) is 18.0 Å². The Labute approximate surface area is 123 Å². The number of benzene rings is 1. The Kier molecular flexibility index (Phi) is 4.86. The molecular weight excluding hydrogens is 276 g/mol. The summed E-state index contributed by atoms with van der Waals surface area (Å²) in [5, 5.41) is 1.52. The third-order valence-electron chi connectivity index (χ3n) is 3.08. The minimum absolute atomic E-state index is 0.0117. The molecule has 2 aromatic rings. The number of rotatable bonds is 4. The summed E-state index contributed by atoms with van der Waals surface area (Å²) in [6.07, 6.45) is 1.75. The van der Waals surface area contributed by atoms with Gasteiger partial charge in [0.25, 0.3) is 0 Å². The van der Waals surface area contributed by atoms with Crippen LogP contribution in [0.3, 0.4) is 0 Å². The van der Waals surface area contributed by atoms with Crippen molar-refractivity contribution in [3.63, 3.8) is 0 Å². The van der Waals surface area contributed by atoms with Gasteiger partial charge in [-0.05, 0) is 42.7 Å². The largest absolute Gasteiger partial charge is 0.323 e. The summed E-state index contributed by atoms with van der Waals surface area (Å²) in [5.74, 6) is 0.763. The lowest BCUT2D eigenvalue weighted by molar-refractivity contribution is 0.828. The third kappa shape index (κ3) is 3.72. The Balaban J connectivity index is 2.03. The van der Waals surface area contributed by atoms with Crippen LogP contribution >= 0.6 is 23.4 Å². The van der Waals surface area contributed by atoms with Crippen LogP contribution in [-0.4, -0.2) is 10.7 Å². The van der Waals surface area contributed by atoms with Crippen LogP contribution in [0.15, 0.2) is 41.6 Å². The van der Waals surface area contributed by atoms with Crippen molar-refractivity contribution in [2.75, 3.05) is 5.75 Å². The topological polar surface area (TPSA) is 38.9 Å². The molecule has 0 spiro atoms. The average molecular weight is 293 g/mol. The van der Waals surface area contributed by atoms with E-state index in [1.165, 1.54) is 11.1 Å². The summed E-state index contributed by atoms with van der Waals surface area (Å²) in [6.45, 7) is 4.21. The van der Waals surface area contributed by atoms with Gasteiger partial charge in [0, 0.05) is 18.0 Å². The number of aryl methyl sites for hydroxylation is 2. The second-order valence-electron chi connectivity index (χ2n) is 4.55. The van der Waals surface area contributed by atoms with E-state index >= 15 is 0 Å². The van der Waals surface area contributed by atoms with Gasteiger partial charge in [-0.25, -0.2) is 4.98 Å². The SMILES string of the molecule is Cc1ccc(C(N)CSc2ncccc2Cl)cc1C. The number of hydrogen-bond acceptors (Lipinski definition) is 3. The van der Waals surface area contributed by atoms with Crippen LogP contribution < -0.4 is 5.73 Å². The predicted octanol–water partition coefficient (Wildman–Crippen LogP) is 4.14. The minimum atomic E-state index is -0.0117. The number of pyridine rings is 1. The molecule has 0 amide bonds. The van der Waals surface area contributed by atoms with E-state index in [2.05, 4.69) is 37.0 Å². The summed E-state index contributed by atoms with van der Waals surface area (Å²) in [7, 11) is 0. The first-order valence-corrected chi connectivity index (χ1v) is 7.50. The summed E-state index contributed by atoms with van der Waals surface area (Å²) in [4.78, 5) is 4.25. The van der Waals surface area contributed by atoms with Crippen LogP contribution in [0.2, 0.25) is 5.02 Å². The summed E-state index contributed by atoms with van der Waals surface area (Å²) in [6, 6.07) is 10.0. The number of halogens is 1. The lowest BCUT2D eigenvalue weighted by atomic mass is 10.0. The smallest absolute Gasteiger partial charge is 0.115 e.